The predicted octanol–water partition coefficient (Wildman–Crippen LogP) is 2.51. The summed E-state index contributed by atoms with van der Waals surface area (Å²) in [6.45, 7) is 0. The van der Waals surface area contributed by atoms with Crippen molar-refractivity contribution in [1.82, 2.24) is 10.9 Å². The number of rotatable bonds is 10. The highest BCUT2D eigenvalue weighted by Crippen LogP contribution is 2.20. The summed E-state index contributed by atoms with van der Waals surface area (Å²) in [5.74, 6) is -1.24. The van der Waals surface area contributed by atoms with Crippen molar-refractivity contribution in [2.24, 2.45) is 5.92 Å². The van der Waals surface area contributed by atoms with Crippen LogP contribution >= 0.6 is 36.6 Å². The van der Waals surface area contributed by atoms with E-state index in [-0.39, 0.29) is 17.2 Å². The SMILES string of the molecule is CSc1ccc(NC(=S)NNC(=O)CC(C=O)C(S)Nc2ccc(NS(=O)(=O)O)cc2)cc1. The molecule has 10 nitrogen and oxygen atoms in total. The van der Waals surface area contributed by atoms with Gasteiger partial charge in [0.15, 0.2) is 5.11 Å². The Labute approximate surface area is 206 Å². The Morgan fingerprint density at radius 3 is 2.21 bits per heavy atom. The van der Waals surface area contributed by atoms with Crippen LogP contribution < -0.4 is 26.2 Å². The van der Waals surface area contributed by atoms with Gasteiger partial charge in [-0.05, 0) is 67.0 Å². The number of hydrogen-bond donors (Lipinski definition) is 7. The van der Waals surface area contributed by atoms with Gasteiger partial charge in [0.25, 0.3) is 0 Å². The normalized spacial score (nSPS) is 12.7. The molecule has 178 valence electrons. The molecule has 0 heterocycles. The smallest absolute Gasteiger partial charge is 0.357 e. The molecule has 33 heavy (non-hydrogen) atoms. The van der Waals surface area contributed by atoms with E-state index in [1.54, 1.807) is 11.8 Å². The lowest BCUT2D eigenvalue weighted by atomic mass is 10.1. The van der Waals surface area contributed by atoms with Crippen molar-refractivity contribution in [1.29, 1.82) is 0 Å². The second kappa shape index (κ2) is 12.6. The van der Waals surface area contributed by atoms with Crippen molar-refractivity contribution >= 4 is 81.3 Å². The van der Waals surface area contributed by atoms with Crippen molar-refractivity contribution < 1.29 is 22.6 Å². The van der Waals surface area contributed by atoms with Crippen LogP contribution in [0.2, 0.25) is 0 Å². The van der Waals surface area contributed by atoms with Crippen LogP contribution in [0.5, 0.6) is 0 Å². The fourth-order valence-electron chi connectivity index (χ4n) is 2.52. The van der Waals surface area contributed by atoms with Crippen LogP contribution in [0.15, 0.2) is 53.4 Å². The number of thiol groups is 1. The number of carbonyl (C=O) groups is 2. The molecule has 0 radical (unpaired) electrons. The van der Waals surface area contributed by atoms with Gasteiger partial charge in [0.05, 0.1) is 17.0 Å². The molecule has 2 aromatic carbocycles. The molecule has 0 aliphatic heterocycles. The van der Waals surface area contributed by atoms with Gasteiger partial charge in [0.1, 0.15) is 6.29 Å². The van der Waals surface area contributed by atoms with Crippen LogP contribution in [0.3, 0.4) is 0 Å². The van der Waals surface area contributed by atoms with E-state index in [0.717, 1.165) is 10.6 Å². The minimum Gasteiger partial charge on any atom is -0.373 e. The molecule has 14 heteroatoms. The van der Waals surface area contributed by atoms with E-state index in [1.807, 2.05) is 35.2 Å². The third-order valence-electron chi connectivity index (χ3n) is 4.11. The van der Waals surface area contributed by atoms with Gasteiger partial charge in [-0.3, -0.25) is 24.9 Å². The Hall–Kier alpha value is -2.52. The summed E-state index contributed by atoms with van der Waals surface area (Å²) < 4.78 is 32.4. The first-order valence-electron chi connectivity index (χ1n) is 9.34. The van der Waals surface area contributed by atoms with Crippen molar-refractivity contribution in [3.8, 4) is 0 Å². The quantitative estimate of drug-likeness (QED) is 0.0466. The largest absolute Gasteiger partial charge is 0.373 e. The molecule has 0 saturated heterocycles. The van der Waals surface area contributed by atoms with Gasteiger partial charge < -0.3 is 15.4 Å². The number of carbonyl (C=O) groups excluding carboxylic acids is 2. The Balaban J connectivity index is 1.81. The molecule has 0 aliphatic carbocycles. The van der Waals surface area contributed by atoms with Gasteiger partial charge in [-0.2, -0.15) is 21.0 Å². The molecule has 1 amide bonds. The fraction of sp³-hybridized carbons (Fsp3) is 0.211. The molecule has 2 unspecified atom stereocenters. The third-order valence-corrected chi connectivity index (χ3v) is 6.06. The second-order valence-electron chi connectivity index (χ2n) is 6.60. The number of anilines is 3. The van der Waals surface area contributed by atoms with Crippen LogP contribution in [0, 0.1) is 5.92 Å². The number of thioether (sulfide) groups is 1. The molecule has 2 rings (SSSR count). The zero-order valence-corrected chi connectivity index (χ0v) is 20.7. The Morgan fingerprint density at radius 1 is 1.09 bits per heavy atom. The van der Waals surface area contributed by atoms with Crippen LogP contribution in [-0.2, 0) is 19.9 Å². The highest BCUT2D eigenvalue weighted by atomic mass is 32.2. The van der Waals surface area contributed by atoms with Crippen molar-refractivity contribution in [3.05, 3.63) is 48.5 Å². The minimum absolute atomic E-state index is 0.154. The zero-order valence-electron chi connectivity index (χ0n) is 17.3. The first-order valence-corrected chi connectivity index (χ1v) is 12.9. The number of hydrogen-bond acceptors (Lipinski definition) is 8. The van der Waals surface area contributed by atoms with Gasteiger partial charge in [0, 0.05) is 22.7 Å². The number of thiocarbonyl (C=S) groups is 1. The Kier molecular flexibility index (Phi) is 10.2. The molecular weight excluding hydrogens is 507 g/mol. The molecule has 2 aromatic rings. The summed E-state index contributed by atoms with van der Waals surface area (Å²) >= 11 is 11.1. The van der Waals surface area contributed by atoms with Crippen LogP contribution in [0.25, 0.3) is 0 Å². The number of benzene rings is 2. The number of nitrogens with one attached hydrogen (secondary N) is 5. The highest BCUT2D eigenvalue weighted by Gasteiger charge is 2.21. The maximum Gasteiger partial charge on any atom is 0.357 e. The summed E-state index contributed by atoms with van der Waals surface area (Å²) in [4.78, 5) is 24.8. The van der Waals surface area contributed by atoms with Gasteiger partial charge >= 0.3 is 10.3 Å². The van der Waals surface area contributed by atoms with E-state index < -0.39 is 27.5 Å². The summed E-state index contributed by atoms with van der Waals surface area (Å²) in [5.41, 5.74) is 6.45. The fourth-order valence-corrected chi connectivity index (χ4v) is 3.86. The first-order chi connectivity index (χ1) is 15.6. The predicted molar refractivity (Wildman–Crippen MR) is 138 cm³/mol. The van der Waals surface area contributed by atoms with Gasteiger partial charge in [-0.25, -0.2) is 0 Å². The monoisotopic (exact) mass is 529 g/mol. The summed E-state index contributed by atoms with van der Waals surface area (Å²) in [6.07, 6.45) is 2.43. The van der Waals surface area contributed by atoms with Crippen LogP contribution in [-0.4, -0.2) is 41.9 Å². The van der Waals surface area contributed by atoms with E-state index in [1.165, 1.54) is 24.3 Å². The van der Waals surface area contributed by atoms with Crippen molar-refractivity contribution in [2.45, 2.75) is 16.7 Å². The minimum atomic E-state index is -4.37. The summed E-state index contributed by atoms with van der Waals surface area (Å²) in [6, 6.07) is 13.4. The van der Waals surface area contributed by atoms with E-state index in [0.29, 0.717) is 12.0 Å². The number of hydrazine groups is 1. The van der Waals surface area contributed by atoms with E-state index in [9.17, 15) is 18.0 Å². The van der Waals surface area contributed by atoms with Crippen LogP contribution in [0.1, 0.15) is 6.42 Å². The molecule has 0 aromatic heterocycles. The number of aldehydes is 1. The first kappa shape index (κ1) is 26.7. The van der Waals surface area contributed by atoms with Crippen molar-refractivity contribution in [2.75, 3.05) is 21.6 Å². The lowest BCUT2D eigenvalue weighted by Crippen LogP contribution is -2.45. The third kappa shape index (κ3) is 9.88. The van der Waals surface area contributed by atoms with E-state index in [2.05, 4.69) is 34.1 Å². The molecule has 2 atom stereocenters. The molecule has 0 saturated carbocycles. The lowest BCUT2D eigenvalue weighted by molar-refractivity contribution is -0.124. The average molecular weight is 530 g/mol. The summed E-state index contributed by atoms with van der Waals surface area (Å²) in [7, 11) is -4.37. The zero-order chi connectivity index (χ0) is 24.4. The van der Waals surface area contributed by atoms with Gasteiger partial charge in [0.2, 0.25) is 5.91 Å². The van der Waals surface area contributed by atoms with Crippen molar-refractivity contribution in [3.63, 3.8) is 0 Å². The Morgan fingerprint density at radius 2 is 1.67 bits per heavy atom. The molecule has 6 N–H and O–H groups in total. The Bertz CT molecular complexity index is 1060. The topological polar surface area (TPSA) is 149 Å². The van der Waals surface area contributed by atoms with E-state index in [4.69, 9.17) is 16.8 Å². The highest BCUT2D eigenvalue weighted by molar-refractivity contribution is 7.98. The van der Waals surface area contributed by atoms with Gasteiger partial charge in [-0.1, -0.05) is 0 Å². The summed E-state index contributed by atoms with van der Waals surface area (Å²) in [5, 5.41) is 5.36. The molecule has 0 spiro atoms. The maximum atomic E-state index is 12.2. The standard InChI is InChI=1S/C19H23N5O5S4/c1-32-16-8-6-14(7-9-16)21-19(31)23-22-17(26)10-12(11-25)18(30)20-13-2-4-15(5-3-13)24-33(27,28)29/h2-9,11-12,18,20,24,30H,10H2,1H3,(H,22,26)(H2,21,23,31)(H,27,28,29). The molecule has 0 fully saturated rings. The molecule has 0 aliphatic rings. The number of amides is 1. The molecular formula is C19H23N5O5S4. The molecule has 0 bridgehead atoms. The van der Waals surface area contributed by atoms with Gasteiger partial charge in [-0.15, -0.1) is 11.8 Å². The maximum absolute atomic E-state index is 12.2. The average Bonchev–Trinajstić information content (AvgIpc) is 2.77. The van der Waals surface area contributed by atoms with E-state index >= 15 is 0 Å². The second-order valence-corrected chi connectivity index (χ2v) is 9.60. The van der Waals surface area contributed by atoms with Crippen LogP contribution in [0.4, 0.5) is 17.1 Å². The lowest BCUT2D eigenvalue weighted by Gasteiger charge is -2.21.